The molecule has 0 aromatic carbocycles. The smallest absolute Gasteiger partial charge is 0.0574 e. The summed E-state index contributed by atoms with van der Waals surface area (Å²) in [7, 11) is 1.96. The van der Waals surface area contributed by atoms with Gasteiger partial charge in [-0.25, -0.2) is 0 Å². The Kier molecular flexibility index (Phi) is 4.84. The average molecular weight is 255 g/mol. The Morgan fingerprint density at radius 2 is 2.43 bits per heavy atom. The molecule has 1 rings (SSSR count). The van der Waals surface area contributed by atoms with Gasteiger partial charge in [-0.15, -0.1) is 6.58 Å². The normalized spacial score (nSPS) is 12.4. The minimum absolute atomic E-state index is 0.320. The lowest BCUT2D eigenvalue weighted by atomic mass is 10.1. The molecule has 1 atom stereocenters. The minimum atomic E-state index is 0.320. The summed E-state index contributed by atoms with van der Waals surface area (Å²) in [5.74, 6) is 0. The number of rotatable bonds is 5. The fraction of sp³-hybridized carbons (Fsp3) is 0.364. The van der Waals surface area contributed by atoms with E-state index in [2.05, 4.69) is 32.8 Å². The second-order valence-electron chi connectivity index (χ2n) is 3.11. The van der Waals surface area contributed by atoms with Crippen molar-refractivity contribution in [3.8, 4) is 0 Å². The zero-order valence-electron chi connectivity index (χ0n) is 8.33. The van der Waals surface area contributed by atoms with Gasteiger partial charge in [-0.2, -0.15) is 0 Å². The molecule has 0 spiro atoms. The van der Waals surface area contributed by atoms with Crippen molar-refractivity contribution in [1.82, 2.24) is 10.3 Å². The molecule has 0 radical (unpaired) electrons. The predicted octanol–water partition coefficient (Wildman–Crippen LogP) is 3.07. The van der Waals surface area contributed by atoms with E-state index < -0.39 is 0 Å². The Balaban J connectivity index is 2.68. The van der Waals surface area contributed by atoms with Crippen LogP contribution in [0.1, 0.15) is 24.6 Å². The van der Waals surface area contributed by atoms with Crippen LogP contribution in [0.4, 0.5) is 0 Å². The van der Waals surface area contributed by atoms with Crippen LogP contribution < -0.4 is 5.32 Å². The first-order chi connectivity index (χ1) is 6.77. The Bertz CT molecular complexity index is 282. The number of hydrogen-bond acceptors (Lipinski definition) is 2. The van der Waals surface area contributed by atoms with Crippen molar-refractivity contribution in [1.29, 1.82) is 0 Å². The summed E-state index contributed by atoms with van der Waals surface area (Å²) in [5, 5.41) is 3.25. The summed E-state index contributed by atoms with van der Waals surface area (Å²) in [6.07, 6.45) is 5.80. The van der Waals surface area contributed by atoms with Gasteiger partial charge in [0.25, 0.3) is 0 Å². The molecule has 14 heavy (non-hydrogen) atoms. The van der Waals surface area contributed by atoms with E-state index in [1.807, 2.05) is 31.5 Å². The Labute approximate surface area is 93.6 Å². The largest absolute Gasteiger partial charge is 0.312 e. The molecule has 1 heterocycles. The van der Waals surface area contributed by atoms with Crippen molar-refractivity contribution in [2.45, 2.75) is 18.9 Å². The Morgan fingerprint density at radius 3 is 2.93 bits per heavy atom. The third kappa shape index (κ3) is 3.24. The summed E-state index contributed by atoms with van der Waals surface area (Å²) in [5.41, 5.74) is 1.08. The standard InChI is InChI=1S/C11H15BrN2/c1-3-4-5-10(13-2)11-7-6-9(12)8-14-11/h3,6-8,10,13H,1,4-5H2,2H3. The molecule has 0 saturated heterocycles. The lowest BCUT2D eigenvalue weighted by Gasteiger charge is -2.14. The van der Waals surface area contributed by atoms with E-state index in [0.717, 1.165) is 23.0 Å². The number of nitrogens with zero attached hydrogens (tertiary/aromatic N) is 1. The van der Waals surface area contributed by atoms with Crippen molar-refractivity contribution in [2.24, 2.45) is 0 Å². The first-order valence-electron chi connectivity index (χ1n) is 4.67. The highest BCUT2D eigenvalue weighted by Gasteiger charge is 2.08. The van der Waals surface area contributed by atoms with Crippen molar-refractivity contribution < 1.29 is 0 Å². The number of halogens is 1. The maximum absolute atomic E-state index is 4.36. The summed E-state index contributed by atoms with van der Waals surface area (Å²) < 4.78 is 1.01. The van der Waals surface area contributed by atoms with E-state index in [1.165, 1.54) is 0 Å². The van der Waals surface area contributed by atoms with Gasteiger partial charge in [-0.3, -0.25) is 4.98 Å². The van der Waals surface area contributed by atoms with E-state index in [9.17, 15) is 0 Å². The molecule has 0 fully saturated rings. The summed E-state index contributed by atoms with van der Waals surface area (Å²) >= 11 is 3.37. The van der Waals surface area contributed by atoms with Crippen LogP contribution in [0.25, 0.3) is 0 Å². The van der Waals surface area contributed by atoms with Gasteiger partial charge in [-0.05, 0) is 48.0 Å². The highest BCUT2D eigenvalue weighted by molar-refractivity contribution is 9.10. The van der Waals surface area contributed by atoms with Crippen LogP contribution in [0.2, 0.25) is 0 Å². The molecule has 0 aliphatic carbocycles. The lowest BCUT2D eigenvalue weighted by Crippen LogP contribution is -2.17. The van der Waals surface area contributed by atoms with Crippen LogP contribution >= 0.6 is 15.9 Å². The molecule has 0 aliphatic rings. The quantitative estimate of drug-likeness (QED) is 0.818. The molecule has 0 aliphatic heterocycles. The average Bonchev–Trinajstić information content (AvgIpc) is 2.21. The maximum Gasteiger partial charge on any atom is 0.0574 e. The Hall–Kier alpha value is -0.670. The van der Waals surface area contributed by atoms with Crippen molar-refractivity contribution >= 4 is 15.9 Å². The molecule has 0 amide bonds. The molecule has 3 heteroatoms. The molecular weight excluding hydrogens is 240 g/mol. The topological polar surface area (TPSA) is 24.9 Å². The van der Waals surface area contributed by atoms with Gasteiger partial charge in [-0.1, -0.05) is 6.08 Å². The second kappa shape index (κ2) is 5.94. The SMILES string of the molecule is C=CCCC(NC)c1ccc(Br)cn1. The molecule has 2 nitrogen and oxygen atoms in total. The lowest BCUT2D eigenvalue weighted by molar-refractivity contribution is 0.541. The predicted molar refractivity (Wildman–Crippen MR) is 63.2 cm³/mol. The monoisotopic (exact) mass is 254 g/mol. The number of allylic oxidation sites excluding steroid dienone is 1. The molecule has 1 N–H and O–H groups in total. The minimum Gasteiger partial charge on any atom is -0.312 e. The van der Waals surface area contributed by atoms with Crippen LogP contribution in [-0.2, 0) is 0 Å². The molecule has 1 aromatic heterocycles. The van der Waals surface area contributed by atoms with E-state index in [4.69, 9.17) is 0 Å². The molecule has 0 saturated carbocycles. The van der Waals surface area contributed by atoms with Crippen LogP contribution in [0.3, 0.4) is 0 Å². The van der Waals surface area contributed by atoms with Crippen LogP contribution in [-0.4, -0.2) is 12.0 Å². The van der Waals surface area contributed by atoms with Crippen molar-refractivity contribution in [3.63, 3.8) is 0 Å². The molecule has 76 valence electrons. The van der Waals surface area contributed by atoms with Gasteiger partial charge >= 0.3 is 0 Å². The van der Waals surface area contributed by atoms with E-state index in [-0.39, 0.29) is 0 Å². The van der Waals surface area contributed by atoms with Crippen LogP contribution in [0, 0.1) is 0 Å². The van der Waals surface area contributed by atoms with Crippen molar-refractivity contribution in [3.05, 3.63) is 41.2 Å². The fourth-order valence-electron chi connectivity index (χ4n) is 1.32. The molecule has 0 bridgehead atoms. The number of aromatic nitrogens is 1. The van der Waals surface area contributed by atoms with Gasteiger partial charge in [0, 0.05) is 16.7 Å². The van der Waals surface area contributed by atoms with Crippen LogP contribution in [0.5, 0.6) is 0 Å². The maximum atomic E-state index is 4.36. The van der Waals surface area contributed by atoms with E-state index in [1.54, 1.807) is 0 Å². The van der Waals surface area contributed by atoms with Gasteiger partial charge in [0.1, 0.15) is 0 Å². The van der Waals surface area contributed by atoms with Crippen LogP contribution in [0.15, 0.2) is 35.5 Å². The molecule has 1 unspecified atom stereocenters. The summed E-state index contributed by atoms with van der Waals surface area (Å²) in [6.45, 7) is 3.72. The van der Waals surface area contributed by atoms with Gasteiger partial charge in [0.05, 0.1) is 5.69 Å². The summed E-state index contributed by atoms with van der Waals surface area (Å²) in [6, 6.07) is 4.37. The fourth-order valence-corrected chi connectivity index (χ4v) is 1.55. The van der Waals surface area contributed by atoms with Gasteiger partial charge in [0.2, 0.25) is 0 Å². The number of pyridine rings is 1. The first-order valence-corrected chi connectivity index (χ1v) is 5.47. The highest BCUT2D eigenvalue weighted by Crippen LogP contribution is 2.17. The first kappa shape index (κ1) is 11.4. The zero-order valence-corrected chi connectivity index (χ0v) is 9.92. The van der Waals surface area contributed by atoms with Crippen molar-refractivity contribution in [2.75, 3.05) is 7.05 Å². The van der Waals surface area contributed by atoms with Gasteiger partial charge in [0.15, 0.2) is 0 Å². The third-order valence-corrected chi connectivity index (χ3v) is 2.58. The highest BCUT2D eigenvalue weighted by atomic mass is 79.9. The summed E-state index contributed by atoms with van der Waals surface area (Å²) in [4.78, 5) is 4.36. The third-order valence-electron chi connectivity index (χ3n) is 2.12. The molecular formula is C11H15BrN2. The second-order valence-corrected chi connectivity index (χ2v) is 4.02. The zero-order chi connectivity index (χ0) is 10.4. The molecule has 1 aromatic rings. The van der Waals surface area contributed by atoms with E-state index >= 15 is 0 Å². The number of nitrogens with one attached hydrogen (secondary N) is 1. The van der Waals surface area contributed by atoms with Gasteiger partial charge < -0.3 is 5.32 Å². The Morgan fingerprint density at radius 1 is 1.64 bits per heavy atom. The van der Waals surface area contributed by atoms with E-state index in [0.29, 0.717) is 6.04 Å². The number of hydrogen-bond donors (Lipinski definition) is 1.